The maximum atomic E-state index is 2.48. The van der Waals surface area contributed by atoms with Gasteiger partial charge >= 0.3 is 0 Å². The van der Waals surface area contributed by atoms with E-state index in [4.69, 9.17) is 0 Å². The Labute approximate surface area is 102 Å². The molecular weight excluding hydrogens is 192 g/mol. The molecule has 0 bridgehead atoms. The first-order valence-corrected chi connectivity index (χ1v) is 7.61. The minimum Gasteiger partial charge on any atom is -0.0651 e. The molecule has 94 valence electrons. The summed E-state index contributed by atoms with van der Waals surface area (Å²) in [6.07, 6.45) is 9.03. The van der Waals surface area contributed by atoms with Crippen LogP contribution in [0.25, 0.3) is 0 Å². The van der Waals surface area contributed by atoms with E-state index in [1.54, 1.807) is 0 Å². The van der Waals surface area contributed by atoms with Crippen molar-refractivity contribution in [1.82, 2.24) is 0 Å². The van der Waals surface area contributed by atoms with Gasteiger partial charge in [0, 0.05) is 0 Å². The second-order valence-electron chi connectivity index (χ2n) is 6.92. The normalized spacial score (nSPS) is 44.6. The van der Waals surface area contributed by atoms with Crippen molar-refractivity contribution in [2.75, 3.05) is 0 Å². The topological polar surface area (TPSA) is 0 Å². The Hall–Kier alpha value is 0. The minimum absolute atomic E-state index is 1.00. The maximum absolute atomic E-state index is 2.48. The number of rotatable bonds is 5. The summed E-state index contributed by atoms with van der Waals surface area (Å²) in [6.45, 7) is 9.72. The molecule has 0 radical (unpaired) electrons. The third-order valence-electron chi connectivity index (χ3n) is 5.76. The molecule has 0 heterocycles. The van der Waals surface area contributed by atoms with Gasteiger partial charge in [-0.25, -0.2) is 0 Å². The van der Waals surface area contributed by atoms with E-state index in [-0.39, 0.29) is 0 Å². The van der Waals surface area contributed by atoms with Crippen LogP contribution in [0.1, 0.15) is 66.2 Å². The molecule has 4 unspecified atom stereocenters. The molecule has 16 heavy (non-hydrogen) atoms. The molecule has 0 amide bonds. The third kappa shape index (κ3) is 2.46. The summed E-state index contributed by atoms with van der Waals surface area (Å²) in [4.78, 5) is 0. The van der Waals surface area contributed by atoms with Crippen LogP contribution in [0.5, 0.6) is 0 Å². The van der Waals surface area contributed by atoms with Gasteiger partial charge in [-0.2, -0.15) is 0 Å². The minimum atomic E-state index is 1.00. The molecule has 0 spiro atoms. The Kier molecular flexibility index (Phi) is 3.97. The lowest BCUT2D eigenvalue weighted by Gasteiger charge is -2.46. The first-order chi connectivity index (χ1) is 7.61. The van der Waals surface area contributed by atoms with Gasteiger partial charge < -0.3 is 0 Å². The summed E-state index contributed by atoms with van der Waals surface area (Å²) >= 11 is 0. The van der Waals surface area contributed by atoms with Crippen LogP contribution in [-0.4, -0.2) is 0 Å². The fourth-order valence-corrected chi connectivity index (χ4v) is 4.18. The van der Waals surface area contributed by atoms with Crippen LogP contribution in [0.15, 0.2) is 0 Å². The van der Waals surface area contributed by atoms with Crippen LogP contribution in [0, 0.1) is 35.5 Å². The fraction of sp³-hybridized carbons (Fsp3) is 1.00. The van der Waals surface area contributed by atoms with Crippen LogP contribution in [0.3, 0.4) is 0 Å². The zero-order valence-electron chi connectivity index (χ0n) is 11.7. The van der Waals surface area contributed by atoms with Crippen LogP contribution < -0.4 is 0 Å². The molecule has 0 N–H and O–H groups in total. The first kappa shape index (κ1) is 12.5. The molecule has 2 saturated carbocycles. The van der Waals surface area contributed by atoms with Crippen molar-refractivity contribution in [3.8, 4) is 0 Å². The van der Waals surface area contributed by atoms with Gasteiger partial charge in [-0.1, -0.05) is 40.5 Å². The van der Waals surface area contributed by atoms with E-state index in [0.717, 1.165) is 35.5 Å². The molecule has 4 atom stereocenters. The lowest BCUT2D eigenvalue weighted by Crippen LogP contribution is -2.38. The van der Waals surface area contributed by atoms with Crippen molar-refractivity contribution in [3.05, 3.63) is 0 Å². The van der Waals surface area contributed by atoms with E-state index < -0.39 is 0 Å². The van der Waals surface area contributed by atoms with Crippen molar-refractivity contribution >= 4 is 0 Å². The first-order valence-electron chi connectivity index (χ1n) is 7.61. The Balaban J connectivity index is 1.69. The molecule has 0 aromatic carbocycles. The molecule has 0 nitrogen and oxygen atoms in total. The van der Waals surface area contributed by atoms with Gasteiger partial charge in [0.1, 0.15) is 0 Å². The number of hydrogen-bond acceptors (Lipinski definition) is 0. The average Bonchev–Trinajstić information content (AvgIpc) is 2.25. The monoisotopic (exact) mass is 222 g/mol. The second kappa shape index (κ2) is 5.10. The molecule has 0 aromatic heterocycles. The van der Waals surface area contributed by atoms with E-state index in [0.29, 0.717) is 0 Å². The van der Waals surface area contributed by atoms with Gasteiger partial charge in [-0.3, -0.25) is 0 Å². The van der Waals surface area contributed by atoms with Crippen molar-refractivity contribution in [1.29, 1.82) is 0 Å². The molecule has 2 rings (SSSR count). The molecule has 2 fully saturated rings. The predicted octanol–water partition coefficient (Wildman–Crippen LogP) is 5.13. The Bertz CT molecular complexity index is 214. The second-order valence-corrected chi connectivity index (χ2v) is 6.92. The van der Waals surface area contributed by atoms with Gasteiger partial charge in [-0.05, 0) is 61.2 Å². The molecular formula is C16H30. The lowest BCUT2D eigenvalue weighted by molar-refractivity contribution is 0.0358. The molecule has 2 aliphatic rings. The highest BCUT2D eigenvalue weighted by Gasteiger charge is 2.38. The highest BCUT2D eigenvalue weighted by atomic mass is 14.4. The predicted molar refractivity (Wildman–Crippen MR) is 71.3 cm³/mol. The van der Waals surface area contributed by atoms with Gasteiger partial charge in [0.2, 0.25) is 0 Å². The van der Waals surface area contributed by atoms with Crippen LogP contribution in [-0.2, 0) is 0 Å². The van der Waals surface area contributed by atoms with Gasteiger partial charge in [0.25, 0.3) is 0 Å². The zero-order chi connectivity index (χ0) is 11.7. The van der Waals surface area contributed by atoms with Crippen molar-refractivity contribution in [2.45, 2.75) is 66.2 Å². The zero-order valence-corrected chi connectivity index (χ0v) is 11.7. The van der Waals surface area contributed by atoms with Crippen LogP contribution >= 0.6 is 0 Å². The average molecular weight is 222 g/mol. The van der Waals surface area contributed by atoms with E-state index in [1.165, 1.54) is 38.5 Å². The quantitative estimate of drug-likeness (QED) is 0.605. The summed E-state index contributed by atoms with van der Waals surface area (Å²) in [6, 6.07) is 0. The number of hydrogen-bond donors (Lipinski definition) is 0. The van der Waals surface area contributed by atoms with E-state index >= 15 is 0 Å². The van der Waals surface area contributed by atoms with Crippen LogP contribution in [0.2, 0.25) is 0 Å². The maximum Gasteiger partial charge on any atom is -0.0355 e. The summed E-state index contributed by atoms with van der Waals surface area (Å²) in [5, 5.41) is 0. The highest BCUT2D eigenvalue weighted by molar-refractivity contribution is 4.88. The van der Waals surface area contributed by atoms with Crippen molar-refractivity contribution < 1.29 is 0 Å². The molecule has 0 aromatic rings. The molecule has 0 saturated heterocycles. The molecule has 0 heteroatoms. The lowest BCUT2D eigenvalue weighted by atomic mass is 9.59. The molecule has 2 aliphatic carbocycles. The van der Waals surface area contributed by atoms with Gasteiger partial charge in [0.15, 0.2) is 0 Å². The van der Waals surface area contributed by atoms with E-state index in [2.05, 4.69) is 27.7 Å². The molecule has 0 aliphatic heterocycles. The van der Waals surface area contributed by atoms with Gasteiger partial charge in [-0.15, -0.1) is 0 Å². The summed E-state index contributed by atoms with van der Waals surface area (Å²) < 4.78 is 0. The third-order valence-corrected chi connectivity index (χ3v) is 5.76. The summed E-state index contributed by atoms with van der Waals surface area (Å²) in [5.74, 6) is 6.25. The highest BCUT2D eigenvalue weighted by Crippen LogP contribution is 2.47. The Morgan fingerprint density at radius 1 is 1.06 bits per heavy atom. The van der Waals surface area contributed by atoms with Crippen LogP contribution in [0.4, 0.5) is 0 Å². The van der Waals surface area contributed by atoms with Crippen molar-refractivity contribution in [3.63, 3.8) is 0 Å². The van der Waals surface area contributed by atoms with E-state index in [1.807, 2.05) is 0 Å². The summed E-state index contributed by atoms with van der Waals surface area (Å²) in [7, 11) is 0. The van der Waals surface area contributed by atoms with Crippen molar-refractivity contribution in [2.24, 2.45) is 35.5 Å². The van der Waals surface area contributed by atoms with E-state index in [9.17, 15) is 0 Å². The fourth-order valence-electron chi connectivity index (χ4n) is 4.18. The smallest absolute Gasteiger partial charge is 0.0355 e. The largest absolute Gasteiger partial charge is 0.0651 e. The summed E-state index contributed by atoms with van der Waals surface area (Å²) in [5.41, 5.74) is 0. The standard InChI is InChI=1S/C16H30/c1-5-15(16-10-12(3)13(16)4)7-6-14-8-11(2)9-14/h11-16H,5-10H2,1-4H3. The Morgan fingerprint density at radius 3 is 2.19 bits per heavy atom. The van der Waals surface area contributed by atoms with Gasteiger partial charge in [0.05, 0.1) is 0 Å². The Morgan fingerprint density at radius 2 is 1.75 bits per heavy atom. The SMILES string of the molecule is CCC(CCC1CC(C)C1)C1CC(C)C1C.